The van der Waals surface area contributed by atoms with Crippen LogP contribution in [0.15, 0.2) is 29.3 Å². The highest BCUT2D eigenvalue weighted by molar-refractivity contribution is 7.15. The second kappa shape index (κ2) is 7.60. The largest absolute Gasteiger partial charge is 0.460 e. The molecule has 8 heteroatoms. The Labute approximate surface area is 186 Å². The van der Waals surface area contributed by atoms with Crippen molar-refractivity contribution in [2.45, 2.75) is 59.6 Å². The highest BCUT2D eigenvalue weighted by Gasteiger charge is 2.33. The summed E-state index contributed by atoms with van der Waals surface area (Å²) in [5, 5.41) is 9.74. The van der Waals surface area contributed by atoms with Crippen molar-refractivity contribution in [1.82, 2.24) is 14.8 Å². The van der Waals surface area contributed by atoms with E-state index in [-0.39, 0.29) is 12.4 Å². The summed E-state index contributed by atoms with van der Waals surface area (Å²) in [5.41, 5.74) is 10.0. The molecule has 1 aliphatic heterocycles. The Morgan fingerprint density at radius 1 is 1.16 bits per heavy atom. The summed E-state index contributed by atoms with van der Waals surface area (Å²) in [6, 6.07) is 7.15. The van der Waals surface area contributed by atoms with Crippen LogP contribution < -0.4 is 5.73 Å². The van der Waals surface area contributed by atoms with Gasteiger partial charge in [-0.05, 0) is 59.2 Å². The Kier molecular flexibility index (Phi) is 5.21. The molecule has 1 aromatic carbocycles. The van der Waals surface area contributed by atoms with Crippen LogP contribution in [0.2, 0.25) is 0 Å². The molecule has 0 amide bonds. The summed E-state index contributed by atoms with van der Waals surface area (Å²) >= 11 is 1.69. The second-order valence-electron chi connectivity index (χ2n) is 8.81. The van der Waals surface area contributed by atoms with Crippen LogP contribution in [-0.4, -0.2) is 32.0 Å². The molecule has 0 bridgehead atoms. The Morgan fingerprint density at radius 3 is 2.48 bits per heavy atom. The molecule has 4 rings (SSSR count). The van der Waals surface area contributed by atoms with Gasteiger partial charge in [-0.3, -0.25) is 14.4 Å². The molecule has 0 radical (unpaired) electrons. The van der Waals surface area contributed by atoms with Gasteiger partial charge < -0.3 is 10.5 Å². The van der Waals surface area contributed by atoms with E-state index in [0.29, 0.717) is 11.5 Å². The molecule has 0 aliphatic carbocycles. The van der Waals surface area contributed by atoms with Crippen molar-refractivity contribution in [2.24, 2.45) is 4.99 Å². The summed E-state index contributed by atoms with van der Waals surface area (Å²) in [6.45, 7) is 11.7. The lowest BCUT2D eigenvalue weighted by atomic mass is 9.99. The van der Waals surface area contributed by atoms with Gasteiger partial charge in [-0.25, -0.2) is 0 Å². The molecule has 3 heterocycles. The number of benzene rings is 1. The zero-order chi connectivity index (χ0) is 22.5. The van der Waals surface area contributed by atoms with Crippen LogP contribution in [0.1, 0.15) is 66.5 Å². The van der Waals surface area contributed by atoms with Crippen molar-refractivity contribution in [2.75, 3.05) is 5.73 Å². The molecule has 2 aromatic heterocycles. The van der Waals surface area contributed by atoms with E-state index in [4.69, 9.17) is 15.5 Å². The van der Waals surface area contributed by atoms with Gasteiger partial charge in [-0.15, -0.1) is 21.5 Å². The number of esters is 1. The maximum atomic E-state index is 12.7. The number of nitrogen functional groups attached to an aromatic ring is 1. The van der Waals surface area contributed by atoms with E-state index >= 15 is 0 Å². The first-order valence-corrected chi connectivity index (χ1v) is 11.0. The molecule has 1 unspecified atom stereocenters. The minimum atomic E-state index is -0.568. The number of carbonyl (C=O) groups is 1. The standard InChI is InChI=1S/C23H27N5O2S/c1-12-13(2)31-22-19(12)20(15-7-9-16(24)10-8-15)25-17(11-18(29)30-23(4,5)6)21-27-26-14(3)28(21)22/h7-10,17H,11,24H2,1-6H3. The molecule has 1 atom stereocenters. The number of aliphatic imine (C=N–C) groups is 1. The van der Waals surface area contributed by atoms with E-state index in [1.807, 2.05) is 56.5 Å². The first kappa shape index (κ1) is 21.2. The lowest BCUT2D eigenvalue weighted by Crippen LogP contribution is -2.25. The number of hydrogen-bond acceptors (Lipinski definition) is 7. The van der Waals surface area contributed by atoms with Gasteiger partial charge in [0.05, 0.1) is 12.1 Å². The number of ether oxygens (including phenoxy) is 1. The van der Waals surface area contributed by atoms with Crippen molar-refractivity contribution in [3.8, 4) is 5.00 Å². The molecule has 162 valence electrons. The fourth-order valence-electron chi connectivity index (χ4n) is 3.71. The van der Waals surface area contributed by atoms with Gasteiger partial charge >= 0.3 is 5.97 Å². The lowest BCUT2D eigenvalue weighted by molar-refractivity contribution is -0.155. The van der Waals surface area contributed by atoms with Crippen LogP contribution in [-0.2, 0) is 9.53 Å². The van der Waals surface area contributed by atoms with Crippen LogP contribution in [0.4, 0.5) is 5.69 Å². The van der Waals surface area contributed by atoms with Gasteiger partial charge in [0.1, 0.15) is 22.5 Å². The number of fused-ring (bicyclic) bond motifs is 3. The lowest BCUT2D eigenvalue weighted by Gasteiger charge is -2.21. The van der Waals surface area contributed by atoms with Gasteiger partial charge in [0.25, 0.3) is 0 Å². The Morgan fingerprint density at radius 2 is 1.84 bits per heavy atom. The number of nitrogens with zero attached hydrogens (tertiary/aromatic N) is 4. The maximum absolute atomic E-state index is 12.7. The number of carbonyl (C=O) groups excluding carboxylic acids is 1. The number of anilines is 1. The van der Waals surface area contributed by atoms with Crippen molar-refractivity contribution in [3.05, 3.63) is 57.5 Å². The number of aryl methyl sites for hydroxylation is 2. The normalized spacial score (nSPS) is 15.7. The molecule has 3 aromatic rings. The Bertz CT molecular complexity index is 1180. The molecule has 2 N–H and O–H groups in total. The van der Waals surface area contributed by atoms with E-state index < -0.39 is 11.6 Å². The third kappa shape index (κ3) is 3.99. The van der Waals surface area contributed by atoms with E-state index in [1.165, 1.54) is 4.88 Å². The minimum absolute atomic E-state index is 0.0842. The van der Waals surface area contributed by atoms with Crippen LogP contribution in [0, 0.1) is 20.8 Å². The number of rotatable bonds is 3. The number of nitrogens with two attached hydrogens (primary N) is 1. The number of hydrogen-bond donors (Lipinski definition) is 1. The fraction of sp³-hybridized carbons (Fsp3) is 0.391. The fourth-order valence-corrected chi connectivity index (χ4v) is 4.92. The van der Waals surface area contributed by atoms with Gasteiger partial charge in [0.15, 0.2) is 5.82 Å². The van der Waals surface area contributed by atoms with E-state index in [9.17, 15) is 4.79 Å². The van der Waals surface area contributed by atoms with Crippen LogP contribution in [0.5, 0.6) is 0 Å². The first-order chi connectivity index (χ1) is 14.5. The predicted molar refractivity (Wildman–Crippen MR) is 123 cm³/mol. The summed E-state index contributed by atoms with van der Waals surface area (Å²) < 4.78 is 7.61. The van der Waals surface area contributed by atoms with Crippen molar-refractivity contribution in [3.63, 3.8) is 0 Å². The minimum Gasteiger partial charge on any atom is -0.460 e. The highest BCUT2D eigenvalue weighted by atomic mass is 32.1. The van der Waals surface area contributed by atoms with E-state index in [2.05, 4.69) is 24.0 Å². The zero-order valence-electron chi connectivity index (χ0n) is 18.7. The topological polar surface area (TPSA) is 95.4 Å². The van der Waals surface area contributed by atoms with Crippen LogP contribution in [0.3, 0.4) is 0 Å². The quantitative estimate of drug-likeness (QED) is 0.482. The monoisotopic (exact) mass is 437 g/mol. The third-order valence-corrected chi connectivity index (χ3v) is 6.40. The summed E-state index contributed by atoms with van der Waals surface area (Å²) in [4.78, 5) is 19.0. The Hall–Kier alpha value is -3.00. The van der Waals surface area contributed by atoms with Gasteiger partial charge in [-0.1, -0.05) is 12.1 Å². The third-order valence-electron chi connectivity index (χ3n) is 5.20. The van der Waals surface area contributed by atoms with Crippen molar-refractivity contribution in [1.29, 1.82) is 0 Å². The smallest absolute Gasteiger partial charge is 0.308 e. The van der Waals surface area contributed by atoms with Crippen molar-refractivity contribution < 1.29 is 9.53 Å². The van der Waals surface area contributed by atoms with E-state index in [0.717, 1.165) is 33.2 Å². The molecular formula is C23H27N5O2S. The number of thiophene rings is 1. The maximum Gasteiger partial charge on any atom is 0.308 e. The Balaban J connectivity index is 1.91. The van der Waals surface area contributed by atoms with Gasteiger partial charge in [0.2, 0.25) is 0 Å². The molecule has 0 saturated heterocycles. The molecule has 7 nitrogen and oxygen atoms in total. The molecule has 0 fully saturated rings. The zero-order valence-corrected chi connectivity index (χ0v) is 19.5. The van der Waals surface area contributed by atoms with Crippen LogP contribution >= 0.6 is 11.3 Å². The van der Waals surface area contributed by atoms with Crippen LogP contribution in [0.25, 0.3) is 5.00 Å². The SMILES string of the molecule is Cc1sc2c(c1C)C(c1ccc(N)cc1)=NC(CC(=O)OC(C)(C)C)c1nnc(C)n1-2. The average molecular weight is 438 g/mol. The van der Waals surface area contributed by atoms with E-state index in [1.54, 1.807) is 11.3 Å². The molecule has 31 heavy (non-hydrogen) atoms. The van der Waals surface area contributed by atoms with Gasteiger partial charge in [-0.2, -0.15) is 0 Å². The predicted octanol–water partition coefficient (Wildman–Crippen LogP) is 4.46. The molecule has 0 saturated carbocycles. The van der Waals surface area contributed by atoms with Crippen molar-refractivity contribution >= 4 is 28.7 Å². The summed E-state index contributed by atoms with van der Waals surface area (Å²) in [6.07, 6.45) is 0.0842. The highest BCUT2D eigenvalue weighted by Crippen LogP contribution is 2.39. The first-order valence-electron chi connectivity index (χ1n) is 10.2. The molecule has 0 spiro atoms. The summed E-state index contributed by atoms with van der Waals surface area (Å²) in [5.74, 6) is 1.10. The molecular weight excluding hydrogens is 410 g/mol. The molecule has 1 aliphatic rings. The number of aromatic nitrogens is 3. The second-order valence-corrected chi connectivity index (χ2v) is 10.0. The summed E-state index contributed by atoms with van der Waals surface area (Å²) in [7, 11) is 0. The average Bonchev–Trinajstić information content (AvgIpc) is 3.14. The van der Waals surface area contributed by atoms with Gasteiger partial charge in [0, 0.05) is 21.7 Å².